The van der Waals surface area contributed by atoms with Crippen LogP contribution in [0.3, 0.4) is 0 Å². The van der Waals surface area contributed by atoms with Gasteiger partial charge in [-0.15, -0.1) is 0 Å². The van der Waals surface area contributed by atoms with Gasteiger partial charge in [-0.2, -0.15) is 0 Å². The zero-order chi connectivity index (χ0) is 23.0. The number of hydrogen-bond donors (Lipinski definition) is 2. The maximum atomic E-state index is 14.0. The molecule has 1 aliphatic heterocycles. The number of methoxy groups -OCH3 is 1. The first kappa shape index (κ1) is 22.1. The molecule has 2 aromatic rings. The van der Waals surface area contributed by atoms with Gasteiger partial charge in [0.25, 0.3) is 11.7 Å². The molecule has 8 heteroatoms. The van der Waals surface area contributed by atoms with Gasteiger partial charge in [-0.05, 0) is 48.7 Å². The number of ketones is 1. The fraction of sp³-hybridized carbons (Fsp3) is 0.333. The highest BCUT2D eigenvalue weighted by molar-refractivity contribution is 6.46. The fourth-order valence-corrected chi connectivity index (χ4v) is 4.81. The molecule has 168 valence electrons. The first-order valence-electron chi connectivity index (χ1n) is 10.5. The van der Waals surface area contributed by atoms with E-state index in [0.717, 1.165) is 38.2 Å². The predicted octanol–water partition coefficient (Wildman–Crippen LogP) is 4.95. The molecule has 1 atom stereocenters. The smallest absolute Gasteiger partial charge is 0.295 e. The van der Waals surface area contributed by atoms with Crippen LogP contribution in [0.1, 0.15) is 49.3 Å². The number of Topliss-reactive ketones (excluding diaryl/α,β-unsaturated/α-hetero) is 1. The molecule has 1 heterocycles. The third kappa shape index (κ3) is 3.81. The van der Waals surface area contributed by atoms with E-state index in [-0.39, 0.29) is 33.7 Å². The number of amides is 1. The second-order valence-corrected chi connectivity index (χ2v) is 8.46. The molecule has 6 nitrogen and oxygen atoms in total. The number of benzene rings is 2. The molecule has 0 bridgehead atoms. The van der Waals surface area contributed by atoms with Crippen LogP contribution in [0.4, 0.5) is 4.39 Å². The van der Waals surface area contributed by atoms with Crippen molar-refractivity contribution in [1.29, 1.82) is 0 Å². The summed E-state index contributed by atoms with van der Waals surface area (Å²) in [7, 11) is 1.36. The van der Waals surface area contributed by atoms with Gasteiger partial charge in [-0.3, -0.25) is 9.59 Å². The normalized spacial score (nSPS) is 21.2. The number of carbonyl (C=O) groups excluding carboxylic acids is 2. The molecule has 2 aliphatic rings. The number of ether oxygens (including phenoxy) is 1. The lowest BCUT2D eigenvalue weighted by Gasteiger charge is -2.35. The fourth-order valence-electron chi connectivity index (χ4n) is 4.62. The van der Waals surface area contributed by atoms with Crippen LogP contribution in [0.15, 0.2) is 42.0 Å². The summed E-state index contributed by atoms with van der Waals surface area (Å²) in [4.78, 5) is 27.8. The predicted molar refractivity (Wildman–Crippen MR) is 117 cm³/mol. The molecule has 4 rings (SSSR count). The first-order valence-corrected chi connectivity index (χ1v) is 10.8. The zero-order valence-electron chi connectivity index (χ0n) is 17.5. The van der Waals surface area contributed by atoms with Crippen molar-refractivity contribution in [1.82, 2.24) is 4.90 Å². The van der Waals surface area contributed by atoms with Crippen LogP contribution >= 0.6 is 11.6 Å². The van der Waals surface area contributed by atoms with Crippen molar-refractivity contribution in [3.63, 3.8) is 0 Å². The number of phenols is 1. The van der Waals surface area contributed by atoms with E-state index in [4.69, 9.17) is 16.3 Å². The van der Waals surface area contributed by atoms with Gasteiger partial charge in [-0.1, -0.05) is 36.9 Å². The van der Waals surface area contributed by atoms with Gasteiger partial charge in [0.05, 0.1) is 29.3 Å². The van der Waals surface area contributed by atoms with Crippen molar-refractivity contribution in [3.05, 3.63) is 63.9 Å². The number of hydrogen-bond acceptors (Lipinski definition) is 5. The first-order chi connectivity index (χ1) is 15.3. The van der Waals surface area contributed by atoms with Crippen molar-refractivity contribution in [3.8, 4) is 11.5 Å². The molecule has 0 aromatic heterocycles. The summed E-state index contributed by atoms with van der Waals surface area (Å²) in [6, 6.07) is 6.87. The van der Waals surface area contributed by atoms with Crippen LogP contribution in [-0.2, 0) is 9.59 Å². The summed E-state index contributed by atoms with van der Waals surface area (Å²) in [5.74, 6) is -2.70. The van der Waals surface area contributed by atoms with E-state index < -0.39 is 29.3 Å². The molecular formula is C24H23ClFNO5. The Kier molecular flexibility index (Phi) is 6.11. The SMILES string of the molecule is COc1ccc(F)cc1/C(O)=C1\C(=O)C(=O)N(C2CCCCC2)C1c1ccc(O)c(Cl)c1. The van der Waals surface area contributed by atoms with Gasteiger partial charge in [-0.25, -0.2) is 4.39 Å². The van der Waals surface area contributed by atoms with Gasteiger partial charge < -0.3 is 19.8 Å². The minimum atomic E-state index is -0.927. The number of halogens is 2. The van der Waals surface area contributed by atoms with Crippen LogP contribution < -0.4 is 4.74 Å². The van der Waals surface area contributed by atoms with E-state index in [2.05, 4.69) is 0 Å². The van der Waals surface area contributed by atoms with E-state index >= 15 is 0 Å². The van der Waals surface area contributed by atoms with E-state index in [9.17, 15) is 24.2 Å². The molecular weight excluding hydrogens is 437 g/mol. The Balaban J connectivity index is 1.93. The highest BCUT2D eigenvalue weighted by Gasteiger charge is 2.49. The Bertz CT molecular complexity index is 1110. The topological polar surface area (TPSA) is 87.1 Å². The number of likely N-dealkylation sites (tertiary alicyclic amines) is 1. The second-order valence-electron chi connectivity index (χ2n) is 8.05. The Morgan fingerprint density at radius 1 is 1.12 bits per heavy atom. The molecule has 0 radical (unpaired) electrons. The molecule has 2 aromatic carbocycles. The quantitative estimate of drug-likeness (QED) is 0.384. The lowest BCUT2D eigenvalue weighted by Crippen LogP contribution is -2.40. The van der Waals surface area contributed by atoms with Gasteiger partial charge >= 0.3 is 0 Å². The summed E-state index contributed by atoms with van der Waals surface area (Å²) in [5.41, 5.74) is 0.282. The molecule has 1 saturated carbocycles. The maximum Gasteiger partial charge on any atom is 0.295 e. The summed E-state index contributed by atoms with van der Waals surface area (Å²) >= 11 is 6.12. The average molecular weight is 460 g/mol. The Morgan fingerprint density at radius 2 is 1.84 bits per heavy atom. The van der Waals surface area contributed by atoms with Crippen molar-refractivity contribution in [2.24, 2.45) is 0 Å². The second kappa shape index (κ2) is 8.82. The van der Waals surface area contributed by atoms with E-state index in [1.54, 1.807) is 6.07 Å². The molecule has 2 fully saturated rings. The van der Waals surface area contributed by atoms with Gasteiger partial charge in [0.2, 0.25) is 0 Å². The van der Waals surface area contributed by atoms with Crippen LogP contribution in [0.5, 0.6) is 11.5 Å². The summed E-state index contributed by atoms with van der Waals surface area (Å²) in [5, 5.41) is 21.1. The Hall–Kier alpha value is -3.06. The summed E-state index contributed by atoms with van der Waals surface area (Å²) < 4.78 is 19.2. The standard InChI is InChI=1S/C24H23ClFNO5/c1-32-19-10-8-14(26)12-16(19)22(29)20-21(13-7-9-18(28)17(25)11-13)27(24(31)23(20)30)15-5-3-2-4-6-15/h7-12,15,21,28-29H,2-6H2,1H3/b22-20+. The van der Waals surface area contributed by atoms with Crippen LogP contribution in [0, 0.1) is 5.82 Å². The van der Waals surface area contributed by atoms with Crippen molar-refractivity contribution in [2.75, 3.05) is 7.11 Å². The molecule has 2 N–H and O–H groups in total. The summed E-state index contributed by atoms with van der Waals surface area (Å²) in [6.45, 7) is 0. The molecule has 1 aliphatic carbocycles. The molecule has 0 spiro atoms. The molecule has 1 amide bonds. The van der Waals surface area contributed by atoms with E-state index in [1.807, 2.05) is 0 Å². The van der Waals surface area contributed by atoms with Gasteiger partial charge in [0, 0.05) is 6.04 Å². The number of aromatic hydroxyl groups is 1. The Labute approximate surface area is 189 Å². The number of aliphatic hydroxyl groups is 1. The lowest BCUT2D eigenvalue weighted by molar-refractivity contribution is -0.141. The third-order valence-corrected chi connectivity index (χ3v) is 6.46. The third-order valence-electron chi connectivity index (χ3n) is 6.15. The van der Waals surface area contributed by atoms with Gasteiger partial charge in [0.1, 0.15) is 23.1 Å². The number of carbonyl (C=O) groups is 2. The van der Waals surface area contributed by atoms with E-state index in [1.165, 1.54) is 36.3 Å². The minimum Gasteiger partial charge on any atom is -0.507 e. The minimum absolute atomic E-state index is 0.0241. The van der Waals surface area contributed by atoms with Gasteiger partial charge in [0.15, 0.2) is 0 Å². The molecule has 1 saturated heterocycles. The van der Waals surface area contributed by atoms with Crippen LogP contribution in [-0.4, -0.2) is 40.0 Å². The molecule has 32 heavy (non-hydrogen) atoms. The zero-order valence-corrected chi connectivity index (χ0v) is 18.2. The number of rotatable bonds is 4. The largest absolute Gasteiger partial charge is 0.507 e. The average Bonchev–Trinajstić information content (AvgIpc) is 3.06. The lowest BCUT2D eigenvalue weighted by atomic mass is 9.91. The van der Waals surface area contributed by atoms with Crippen molar-refractivity contribution >= 4 is 29.1 Å². The highest BCUT2D eigenvalue weighted by Crippen LogP contribution is 2.45. The number of phenolic OH excluding ortho intramolecular Hbond substituents is 1. The monoisotopic (exact) mass is 459 g/mol. The maximum absolute atomic E-state index is 14.0. The van der Waals surface area contributed by atoms with Crippen molar-refractivity contribution < 1.29 is 28.9 Å². The van der Waals surface area contributed by atoms with Crippen molar-refractivity contribution in [2.45, 2.75) is 44.2 Å². The van der Waals surface area contributed by atoms with E-state index in [0.29, 0.717) is 5.56 Å². The Morgan fingerprint density at radius 3 is 2.50 bits per heavy atom. The van der Waals surface area contributed by atoms with Crippen LogP contribution in [0.2, 0.25) is 5.02 Å². The number of nitrogens with zero attached hydrogens (tertiary/aromatic N) is 1. The highest BCUT2D eigenvalue weighted by atomic mass is 35.5. The number of aliphatic hydroxyl groups excluding tert-OH is 1. The molecule has 1 unspecified atom stereocenters. The summed E-state index contributed by atoms with van der Waals surface area (Å²) in [6.07, 6.45) is 4.37. The van der Waals surface area contributed by atoms with Crippen LogP contribution in [0.25, 0.3) is 5.76 Å².